The van der Waals surface area contributed by atoms with Crippen molar-refractivity contribution < 1.29 is 9.53 Å². The zero-order valence-corrected chi connectivity index (χ0v) is 14.3. The SMILES string of the molecule is CC[C@@H](C)n1nccc1NC(=O)c1cccc(Oc2ccccc2)c1. The lowest BCUT2D eigenvalue weighted by Gasteiger charge is -2.14. The summed E-state index contributed by atoms with van der Waals surface area (Å²) in [6.07, 6.45) is 2.63. The number of amides is 1. The number of nitrogens with one attached hydrogen (secondary N) is 1. The summed E-state index contributed by atoms with van der Waals surface area (Å²) in [5.74, 6) is 1.85. The molecule has 0 spiro atoms. The van der Waals surface area contributed by atoms with Gasteiger partial charge in [0.15, 0.2) is 0 Å². The van der Waals surface area contributed by atoms with Crippen LogP contribution in [0.15, 0.2) is 66.9 Å². The van der Waals surface area contributed by atoms with Gasteiger partial charge in [-0.15, -0.1) is 0 Å². The first-order valence-electron chi connectivity index (χ1n) is 8.35. The molecule has 0 saturated heterocycles. The van der Waals surface area contributed by atoms with Gasteiger partial charge in [0.2, 0.25) is 0 Å². The minimum absolute atomic E-state index is 0.191. The zero-order chi connectivity index (χ0) is 17.6. The predicted molar refractivity (Wildman–Crippen MR) is 98.1 cm³/mol. The number of hydrogen-bond acceptors (Lipinski definition) is 3. The van der Waals surface area contributed by atoms with Gasteiger partial charge in [0, 0.05) is 11.6 Å². The molecule has 0 aliphatic heterocycles. The van der Waals surface area contributed by atoms with Crippen molar-refractivity contribution in [2.45, 2.75) is 26.3 Å². The van der Waals surface area contributed by atoms with Crippen LogP contribution in [0, 0.1) is 0 Å². The Bertz CT molecular complexity index is 843. The maximum absolute atomic E-state index is 12.6. The van der Waals surface area contributed by atoms with Gasteiger partial charge in [-0.05, 0) is 43.7 Å². The maximum Gasteiger partial charge on any atom is 0.256 e. The normalized spacial score (nSPS) is 11.8. The molecule has 0 aliphatic rings. The Labute approximate surface area is 147 Å². The van der Waals surface area contributed by atoms with Gasteiger partial charge in [0.05, 0.1) is 12.2 Å². The third-order valence-corrected chi connectivity index (χ3v) is 4.00. The second-order valence-electron chi connectivity index (χ2n) is 5.82. The van der Waals surface area contributed by atoms with Gasteiger partial charge in [0.25, 0.3) is 5.91 Å². The summed E-state index contributed by atoms with van der Waals surface area (Å²) in [4.78, 5) is 12.6. The highest BCUT2D eigenvalue weighted by atomic mass is 16.5. The number of ether oxygens (including phenoxy) is 1. The van der Waals surface area contributed by atoms with Gasteiger partial charge in [-0.2, -0.15) is 5.10 Å². The average molecular weight is 335 g/mol. The van der Waals surface area contributed by atoms with E-state index >= 15 is 0 Å². The average Bonchev–Trinajstić information content (AvgIpc) is 3.10. The lowest BCUT2D eigenvalue weighted by atomic mass is 10.2. The molecular weight excluding hydrogens is 314 g/mol. The summed E-state index contributed by atoms with van der Waals surface area (Å²) in [6, 6.07) is 18.6. The highest BCUT2D eigenvalue weighted by Crippen LogP contribution is 2.23. The summed E-state index contributed by atoms with van der Waals surface area (Å²) in [5, 5.41) is 7.20. The van der Waals surface area contributed by atoms with E-state index in [4.69, 9.17) is 4.74 Å². The third kappa shape index (κ3) is 4.07. The predicted octanol–water partition coefficient (Wildman–Crippen LogP) is 4.90. The van der Waals surface area contributed by atoms with Crippen LogP contribution in [-0.4, -0.2) is 15.7 Å². The number of benzene rings is 2. The summed E-state index contributed by atoms with van der Waals surface area (Å²) < 4.78 is 7.61. The number of hydrogen-bond donors (Lipinski definition) is 1. The first-order valence-corrected chi connectivity index (χ1v) is 8.35. The van der Waals surface area contributed by atoms with Crippen molar-refractivity contribution in [3.63, 3.8) is 0 Å². The van der Waals surface area contributed by atoms with Gasteiger partial charge in [-0.1, -0.05) is 31.2 Å². The number of aromatic nitrogens is 2. The molecule has 0 bridgehead atoms. The summed E-state index contributed by atoms with van der Waals surface area (Å²) in [5.41, 5.74) is 0.533. The van der Waals surface area contributed by atoms with E-state index < -0.39 is 0 Å². The Hall–Kier alpha value is -3.08. The van der Waals surface area contributed by atoms with Gasteiger partial charge in [-0.3, -0.25) is 4.79 Å². The number of para-hydroxylation sites is 1. The van der Waals surface area contributed by atoms with Gasteiger partial charge < -0.3 is 10.1 Å². The molecule has 0 fully saturated rings. The number of carbonyl (C=O) groups is 1. The van der Waals surface area contributed by atoms with Gasteiger partial charge in [0.1, 0.15) is 17.3 Å². The fraction of sp³-hybridized carbons (Fsp3) is 0.200. The lowest BCUT2D eigenvalue weighted by molar-refractivity contribution is 0.102. The molecule has 25 heavy (non-hydrogen) atoms. The second-order valence-corrected chi connectivity index (χ2v) is 5.82. The first-order chi connectivity index (χ1) is 12.2. The van der Waals surface area contributed by atoms with E-state index in [1.807, 2.05) is 41.1 Å². The molecule has 3 aromatic rings. The Morgan fingerprint density at radius 3 is 2.64 bits per heavy atom. The summed E-state index contributed by atoms with van der Waals surface area (Å²) >= 11 is 0. The van der Waals surface area contributed by atoms with Crippen molar-refractivity contribution >= 4 is 11.7 Å². The lowest BCUT2D eigenvalue weighted by Crippen LogP contribution is -2.17. The van der Waals surface area contributed by atoms with Gasteiger partial charge in [-0.25, -0.2) is 4.68 Å². The molecule has 2 aromatic carbocycles. The first kappa shape index (κ1) is 16.8. The number of rotatable bonds is 6. The van der Waals surface area contributed by atoms with Crippen LogP contribution in [0.4, 0.5) is 5.82 Å². The van der Waals surface area contributed by atoms with Crippen LogP contribution in [0.5, 0.6) is 11.5 Å². The fourth-order valence-electron chi connectivity index (χ4n) is 2.45. The Morgan fingerprint density at radius 1 is 1.12 bits per heavy atom. The molecule has 1 aromatic heterocycles. The smallest absolute Gasteiger partial charge is 0.256 e. The Morgan fingerprint density at radius 2 is 1.88 bits per heavy atom. The summed E-state index contributed by atoms with van der Waals surface area (Å²) in [6.45, 7) is 4.15. The molecular formula is C20H21N3O2. The number of nitrogens with zero attached hydrogens (tertiary/aromatic N) is 2. The molecule has 0 unspecified atom stereocenters. The summed E-state index contributed by atoms with van der Waals surface area (Å²) in [7, 11) is 0. The maximum atomic E-state index is 12.6. The van der Waals surface area contributed by atoms with E-state index in [-0.39, 0.29) is 11.9 Å². The molecule has 1 N–H and O–H groups in total. The second kappa shape index (κ2) is 7.66. The Kier molecular flexibility index (Phi) is 5.14. The van der Waals surface area contributed by atoms with E-state index in [1.165, 1.54) is 0 Å². The van der Waals surface area contributed by atoms with Crippen LogP contribution >= 0.6 is 0 Å². The van der Waals surface area contributed by atoms with E-state index in [0.29, 0.717) is 17.1 Å². The minimum Gasteiger partial charge on any atom is -0.457 e. The van der Waals surface area contributed by atoms with Crippen LogP contribution in [0.3, 0.4) is 0 Å². The zero-order valence-electron chi connectivity index (χ0n) is 14.3. The molecule has 1 amide bonds. The van der Waals surface area contributed by atoms with Crippen molar-refractivity contribution in [1.29, 1.82) is 0 Å². The highest BCUT2D eigenvalue weighted by molar-refractivity contribution is 6.04. The standard InChI is InChI=1S/C20H21N3O2/c1-3-15(2)23-19(12-13-21-23)22-20(24)16-8-7-11-18(14-16)25-17-9-5-4-6-10-17/h4-15H,3H2,1-2H3,(H,22,24)/t15-/m1/s1. The third-order valence-electron chi connectivity index (χ3n) is 4.00. The molecule has 0 saturated carbocycles. The van der Waals surface area contributed by atoms with E-state index in [0.717, 1.165) is 12.2 Å². The molecule has 1 heterocycles. The molecule has 5 nitrogen and oxygen atoms in total. The van der Waals surface area contributed by atoms with E-state index in [1.54, 1.807) is 30.5 Å². The van der Waals surface area contributed by atoms with Crippen molar-refractivity contribution in [1.82, 2.24) is 9.78 Å². The minimum atomic E-state index is -0.191. The largest absolute Gasteiger partial charge is 0.457 e. The highest BCUT2D eigenvalue weighted by Gasteiger charge is 2.13. The fourth-order valence-corrected chi connectivity index (χ4v) is 2.45. The van der Waals surface area contributed by atoms with Crippen molar-refractivity contribution in [3.8, 4) is 11.5 Å². The topological polar surface area (TPSA) is 56.2 Å². The molecule has 3 rings (SSSR count). The van der Waals surface area contributed by atoms with Crippen molar-refractivity contribution in [3.05, 3.63) is 72.4 Å². The molecule has 128 valence electrons. The van der Waals surface area contributed by atoms with Crippen molar-refractivity contribution in [2.75, 3.05) is 5.32 Å². The number of anilines is 1. The van der Waals surface area contributed by atoms with Crippen molar-refractivity contribution in [2.24, 2.45) is 0 Å². The van der Waals surface area contributed by atoms with Crippen LogP contribution in [0.25, 0.3) is 0 Å². The molecule has 0 aliphatic carbocycles. The van der Waals surface area contributed by atoms with E-state index in [2.05, 4.69) is 24.3 Å². The number of carbonyl (C=O) groups excluding carboxylic acids is 1. The molecule has 0 radical (unpaired) electrons. The van der Waals surface area contributed by atoms with Crippen LogP contribution in [0.1, 0.15) is 36.7 Å². The molecule has 5 heteroatoms. The van der Waals surface area contributed by atoms with Crippen LogP contribution < -0.4 is 10.1 Å². The Balaban J connectivity index is 1.75. The quantitative estimate of drug-likeness (QED) is 0.697. The van der Waals surface area contributed by atoms with Gasteiger partial charge >= 0.3 is 0 Å². The van der Waals surface area contributed by atoms with Crippen LogP contribution in [0.2, 0.25) is 0 Å². The van der Waals surface area contributed by atoms with Crippen LogP contribution in [-0.2, 0) is 0 Å². The molecule has 1 atom stereocenters. The van der Waals surface area contributed by atoms with E-state index in [9.17, 15) is 4.79 Å². The monoisotopic (exact) mass is 335 g/mol.